The second-order valence-corrected chi connectivity index (χ2v) is 5.08. The van der Waals surface area contributed by atoms with Crippen LogP contribution in [-0.2, 0) is 6.42 Å². The molecule has 102 valence electrons. The molecular formula is C13H15F2N3S. The van der Waals surface area contributed by atoms with Gasteiger partial charge in [-0.2, -0.15) is 0 Å². The maximum absolute atomic E-state index is 13.7. The van der Waals surface area contributed by atoms with Crippen LogP contribution < -0.4 is 5.32 Å². The highest BCUT2D eigenvalue weighted by Crippen LogP contribution is 2.22. The number of rotatable bonds is 6. The van der Waals surface area contributed by atoms with E-state index >= 15 is 0 Å². The lowest BCUT2D eigenvalue weighted by molar-refractivity contribution is 0.514. The molecule has 1 N–H and O–H groups in total. The van der Waals surface area contributed by atoms with Crippen molar-refractivity contribution in [1.82, 2.24) is 14.9 Å². The van der Waals surface area contributed by atoms with E-state index in [4.69, 9.17) is 0 Å². The summed E-state index contributed by atoms with van der Waals surface area (Å²) in [6.07, 6.45) is 3.01. The minimum absolute atomic E-state index is 0.0868. The molecule has 0 fully saturated rings. The fourth-order valence-electron chi connectivity index (χ4n) is 1.84. The lowest BCUT2D eigenvalue weighted by Crippen LogP contribution is -2.23. The highest BCUT2D eigenvalue weighted by molar-refractivity contribution is 7.05. The molecule has 1 unspecified atom stereocenters. The molecule has 0 aliphatic rings. The lowest BCUT2D eigenvalue weighted by Gasteiger charge is -2.16. The van der Waals surface area contributed by atoms with E-state index in [9.17, 15) is 8.78 Å². The second-order valence-electron chi connectivity index (χ2n) is 4.27. The Bertz CT molecular complexity index is 517. The summed E-state index contributed by atoms with van der Waals surface area (Å²) < 4.78 is 30.7. The molecule has 0 bridgehead atoms. The summed E-state index contributed by atoms with van der Waals surface area (Å²) in [6.45, 7) is 2.86. The van der Waals surface area contributed by atoms with Crippen LogP contribution in [0.3, 0.4) is 0 Å². The molecule has 0 saturated heterocycles. The Kier molecular flexibility index (Phi) is 4.93. The maximum atomic E-state index is 13.7. The van der Waals surface area contributed by atoms with Crippen LogP contribution in [0.25, 0.3) is 0 Å². The molecule has 2 rings (SSSR count). The van der Waals surface area contributed by atoms with Crippen molar-refractivity contribution in [3.63, 3.8) is 0 Å². The van der Waals surface area contributed by atoms with Crippen molar-refractivity contribution in [2.45, 2.75) is 25.8 Å². The van der Waals surface area contributed by atoms with Crippen LogP contribution in [0.4, 0.5) is 8.78 Å². The van der Waals surface area contributed by atoms with Gasteiger partial charge in [-0.15, -0.1) is 5.10 Å². The van der Waals surface area contributed by atoms with Gasteiger partial charge in [0.05, 0.1) is 11.1 Å². The van der Waals surface area contributed by atoms with E-state index in [0.717, 1.165) is 30.0 Å². The van der Waals surface area contributed by atoms with E-state index in [1.54, 1.807) is 6.20 Å². The van der Waals surface area contributed by atoms with Crippen molar-refractivity contribution < 1.29 is 8.78 Å². The SMILES string of the molecule is CCCNC(Cc1cc(F)ccc1F)c1cnns1. The molecule has 1 atom stereocenters. The summed E-state index contributed by atoms with van der Waals surface area (Å²) in [6, 6.07) is 3.44. The number of hydrogen-bond acceptors (Lipinski definition) is 4. The minimum Gasteiger partial charge on any atom is -0.309 e. The smallest absolute Gasteiger partial charge is 0.126 e. The van der Waals surface area contributed by atoms with Crippen molar-refractivity contribution in [3.05, 3.63) is 46.5 Å². The summed E-state index contributed by atoms with van der Waals surface area (Å²) in [7, 11) is 0. The normalized spacial score (nSPS) is 12.6. The van der Waals surface area contributed by atoms with Gasteiger partial charge in [0.1, 0.15) is 11.6 Å². The van der Waals surface area contributed by atoms with Crippen LogP contribution in [0.5, 0.6) is 0 Å². The first-order valence-corrected chi connectivity index (χ1v) is 6.92. The van der Waals surface area contributed by atoms with E-state index in [0.29, 0.717) is 12.0 Å². The maximum Gasteiger partial charge on any atom is 0.126 e. The molecule has 2 aromatic rings. The summed E-state index contributed by atoms with van der Waals surface area (Å²) in [5, 5.41) is 7.10. The van der Waals surface area contributed by atoms with Gasteiger partial charge >= 0.3 is 0 Å². The second kappa shape index (κ2) is 6.68. The molecule has 3 nitrogen and oxygen atoms in total. The number of aromatic nitrogens is 2. The van der Waals surface area contributed by atoms with E-state index < -0.39 is 5.82 Å². The standard InChI is InChI=1S/C13H15F2N3S/c1-2-5-16-12(13-8-17-18-19-13)7-9-6-10(14)3-4-11(9)15/h3-4,6,8,12,16H,2,5,7H2,1H3. The van der Waals surface area contributed by atoms with Gasteiger partial charge in [-0.3, -0.25) is 0 Å². The van der Waals surface area contributed by atoms with Crippen LogP contribution >= 0.6 is 11.5 Å². The van der Waals surface area contributed by atoms with E-state index in [1.165, 1.54) is 17.6 Å². The van der Waals surface area contributed by atoms with Gasteiger partial charge in [0.2, 0.25) is 0 Å². The van der Waals surface area contributed by atoms with Crippen molar-refractivity contribution in [1.29, 1.82) is 0 Å². The van der Waals surface area contributed by atoms with E-state index in [1.807, 2.05) is 0 Å². The molecule has 19 heavy (non-hydrogen) atoms. The number of nitrogens with zero attached hydrogens (tertiary/aromatic N) is 2. The zero-order valence-electron chi connectivity index (χ0n) is 10.6. The topological polar surface area (TPSA) is 37.8 Å². The number of benzene rings is 1. The largest absolute Gasteiger partial charge is 0.309 e. The molecular weight excluding hydrogens is 268 g/mol. The first-order valence-electron chi connectivity index (χ1n) is 6.15. The van der Waals surface area contributed by atoms with Gasteiger partial charge in [0, 0.05) is 6.04 Å². The average molecular weight is 283 g/mol. The number of nitrogens with one attached hydrogen (secondary N) is 1. The number of hydrogen-bond donors (Lipinski definition) is 1. The molecule has 0 radical (unpaired) electrons. The predicted molar refractivity (Wildman–Crippen MR) is 71.0 cm³/mol. The third-order valence-electron chi connectivity index (χ3n) is 2.79. The zero-order chi connectivity index (χ0) is 13.7. The van der Waals surface area contributed by atoms with Crippen LogP contribution in [0.1, 0.15) is 29.8 Å². The van der Waals surface area contributed by atoms with Crippen LogP contribution in [-0.4, -0.2) is 16.1 Å². The third kappa shape index (κ3) is 3.78. The molecule has 0 aliphatic heterocycles. The molecule has 1 aromatic heterocycles. The zero-order valence-corrected chi connectivity index (χ0v) is 11.4. The van der Waals surface area contributed by atoms with Gasteiger partial charge < -0.3 is 5.32 Å². The monoisotopic (exact) mass is 283 g/mol. The molecule has 0 saturated carbocycles. The quantitative estimate of drug-likeness (QED) is 0.885. The molecule has 1 heterocycles. The molecule has 0 aliphatic carbocycles. The van der Waals surface area contributed by atoms with Gasteiger partial charge in [-0.25, -0.2) is 8.78 Å². The Morgan fingerprint density at radius 2 is 2.21 bits per heavy atom. The molecule has 1 aromatic carbocycles. The lowest BCUT2D eigenvalue weighted by atomic mass is 10.0. The van der Waals surface area contributed by atoms with Crippen molar-refractivity contribution in [2.24, 2.45) is 0 Å². The highest BCUT2D eigenvalue weighted by Gasteiger charge is 2.16. The molecule has 0 amide bonds. The Hall–Kier alpha value is -1.40. The summed E-state index contributed by atoms with van der Waals surface area (Å²) in [5.41, 5.74) is 0.363. The summed E-state index contributed by atoms with van der Waals surface area (Å²) >= 11 is 1.27. The predicted octanol–water partition coefficient (Wildman–Crippen LogP) is 3.10. The van der Waals surface area contributed by atoms with Crippen LogP contribution in [0.2, 0.25) is 0 Å². The molecule has 6 heteroatoms. The number of halogens is 2. The van der Waals surface area contributed by atoms with Gasteiger partial charge in [-0.05, 0) is 54.7 Å². The molecule has 0 spiro atoms. The van der Waals surface area contributed by atoms with Gasteiger partial charge in [0.25, 0.3) is 0 Å². The fraction of sp³-hybridized carbons (Fsp3) is 0.385. The Labute approximate surface area is 114 Å². The minimum atomic E-state index is -0.423. The van der Waals surface area contributed by atoms with Crippen molar-refractivity contribution in [2.75, 3.05) is 6.54 Å². The summed E-state index contributed by atoms with van der Waals surface area (Å²) in [5.74, 6) is -0.810. The van der Waals surface area contributed by atoms with E-state index in [-0.39, 0.29) is 11.9 Å². The first-order chi connectivity index (χ1) is 9.20. The highest BCUT2D eigenvalue weighted by atomic mass is 32.1. The summed E-state index contributed by atoms with van der Waals surface area (Å²) in [4.78, 5) is 0.928. The first kappa shape index (κ1) is 14.0. The average Bonchev–Trinajstić information content (AvgIpc) is 2.92. The van der Waals surface area contributed by atoms with Crippen LogP contribution in [0, 0.1) is 11.6 Å². The van der Waals surface area contributed by atoms with Crippen LogP contribution in [0.15, 0.2) is 24.4 Å². The Balaban J connectivity index is 2.17. The van der Waals surface area contributed by atoms with E-state index in [2.05, 4.69) is 21.8 Å². The third-order valence-corrected chi connectivity index (χ3v) is 3.57. The van der Waals surface area contributed by atoms with Gasteiger partial charge in [-0.1, -0.05) is 11.4 Å². The van der Waals surface area contributed by atoms with Gasteiger partial charge in [0.15, 0.2) is 0 Å². The Morgan fingerprint density at radius 3 is 2.89 bits per heavy atom. The Morgan fingerprint density at radius 1 is 1.37 bits per heavy atom. The van der Waals surface area contributed by atoms with Crippen molar-refractivity contribution in [3.8, 4) is 0 Å². The fourth-order valence-corrected chi connectivity index (χ4v) is 2.42. The van der Waals surface area contributed by atoms with Crippen molar-refractivity contribution >= 4 is 11.5 Å².